The molecule has 3 nitrogen and oxygen atoms in total. The van der Waals surface area contributed by atoms with E-state index in [9.17, 15) is 0 Å². The number of pyridine rings is 1. The number of hydrogen-bond donors (Lipinski definition) is 1. The number of hydrogen-bond acceptors (Lipinski definition) is 1. The third-order valence-corrected chi connectivity index (χ3v) is 5.42. The zero-order valence-corrected chi connectivity index (χ0v) is 16.3. The third-order valence-electron chi connectivity index (χ3n) is 5.42. The molecule has 0 amide bonds. The second-order valence-electron chi connectivity index (χ2n) is 8.93. The topological polar surface area (TPSA) is 33.1 Å². The number of nitrogens with zero attached hydrogens (tertiary/aromatic N) is 2. The lowest BCUT2D eigenvalue weighted by molar-refractivity contribution is 0.526. The normalized spacial score (nSPS) is 13.0. The van der Waals surface area contributed by atoms with Gasteiger partial charge < -0.3 is 4.98 Å². The van der Waals surface area contributed by atoms with Gasteiger partial charge in [0.25, 0.3) is 0 Å². The Morgan fingerprint density at radius 1 is 0.962 bits per heavy atom. The molecule has 0 atom stereocenters. The number of benzene rings is 1. The van der Waals surface area contributed by atoms with Crippen molar-refractivity contribution in [1.82, 2.24) is 14.6 Å². The smallest absolute Gasteiger partial charge is 0.0699 e. The van der Waals surface area contributed by atoms with Crippen molar-refractivity contribution in [1.29, 1.82) is 0 Å². The van der Waals surface area contributed by atoms with Crippen LogP contribution < -0.4 is 0 Å². The Morgan fingerprint density at radius 3 is 2.54 bits per heavy atom. The van der Waals surface area contributed by atoms with Crippen molar-refractivity contribution in [3.05, 3.63) is 71.7 Å². The summed E-state index contributed by atoms with van der Waals surface area (Å²) in [7, 11) is 0. The van der Waals surface area contributed by atoms with Crippen LogP contribution in [-0.2, 0) is 17.3 Å². The van der Waals surface area contributed by atoms with E-state index >= 15 is 0 Å². The molecule has 0 spiro atoms. The largest absolute Gasteiger partial charge is 0.361 e. The SMILES string of the molecule is CC(C)(C)c1ccc(CC(C)(C)c2cccn3nccc23)c2cc[nH]c12. The molecule has 0 saturated heterocycles. The van der Waals surface area contributed by atoms with Crippen molar-refractivity contribution in [2.45, 2.75) is 51.9 Å². The summed E-state index contributed by atoms with van der Waals surface area (Å²) in [5, 5.41) is 5.73. The summed E-state index contributed by atoms with van der Waals surface area (Å²) in [6.07, 6.45) is 6.93. The Morgan fingerprint density at radius 2 is 1.77 bits per heavy atom. The second-order valence-corrected chi connectivity index (χ2v) is 8.93. The van der Waals surface area contributed by atoms with Crippen molar-refractivity contribution in [2.75, 3.05) is 0 Å². The maximum absolute atomic E-state index is 4.39. The Bertz CT molecular complexity index is 1070. The number of aromatic amines is 1. The van der Waals surface area contributed by atoms with Crippen LogP contribution in [0.2, 0.25) is 0 Å². The van der Waals surface area contributed by atoms with Gasteiger partial charge in [0, 0.05) is 29.5 Å². The van der Waals surface area contributed by atoms with Crippen LogP contribution in [0.4, 0.5) is 0 Å². The van der Waals surface area contributed by atoms with Crippen LogP contribution in [0, 0.1) is 0 Å². The molecule has 134 valence electrons. The monoisotopic (exact) mass is 345 g/mol. The Kier molecular flexibility index (Phi) is 3.72. The molecule has 0 fully saturated rings. The highest BCUT2D eigenvalue weighted by atomic mass is 15.2. The van der Waals surface area contributed by atoms with Gasteiger partial charge in [-0.25, -0.2) is 4.52 Å². The molecule has 0 radical (unpaired) electrons. The zero-order chi connectivity index (χ0) is 18.5. The predicted octanol–water partition coefficient (Wildman–Crippen LogP) is 5.63. The van der Waals surface area contributed by atoms with E-state index in [1.807, 2.05) is 16.9 Å². The van der Waals surface area contributed by atoms with Crippen LogP contribution in [0.3, 0.4) is 0 Å². The first-order chi connectivity index (χ1) is 12.3. The molecule has 0 aliphatic carbocycles. The minimum absolute atomic E-state index is 0.00991. The number of H-pyrrole nitrogens is 1. The number of fused-ring (bicyclic) bond motifs is 2. The van der Waals surface area contributed by atoms with E-state index in [-0.39, 0.29) is 10.8 Å². The van der Waals surface area contributed by atoms with Crippen LogP contribution in [0.5, 0.6) is 0 Å². The van der Waals surface area contributed by atoms with Gasteiger partial charge in [-0.1, -0.05) is 52.8 Å². The fraction of sp³-hybridized carbons (Fsp3) is 0.348. The lowest BCUT2D eigenvalue weighted by atomic mass is 9.77. The van der Waals surface area contributed by atoms with Crippen molar-refractivity contribution < 1.29 is 0 Å². The van der Waals surface area contributed by atoms with Gasteiger partial charge in [0.2, 0.25) is 0 Å². The predicted molar refractivity (Wildman–Crippen MR) is 109 cm³/mol. The van der Waals surface area contributed by atoms with Gasteiger partial charge in [0.1, 0.15) is 0 Å². The van der Waals surface area contributed by atoms with Gasteiger partial charge in [0.15, 0.2) is 0 Å². The summed E-state index contributed by atoms with van der Waals surface area (Å²) in [5.74, 6) is 0. The summed E-state index contributed by atoms with van der Waals surface area (Å²) in [5.41, 5.74) is 6.69. The summed E-state index contributed by atoms with van der Waals surface area (Å²) in [6, 6.07) is 13.3. The van der Waals surface area contributed by atoms with Crippen LogP contribution in [0.15, 0.2) is 55.0 Å². The molecule has 1 aromatic carbocycles. The van der Waals surface area contributed by atoms with Crippen molar-refractivity contribution >= 4 is 16.4 Å². The molecular formula is C23H27N3. The molecule has 4 aromatic rings. The van der Waals surface area contributed by atoms with Crippen LogP contribution in [0.25, 0.3) is 16.4 Å². The summed E-state index contributed by atoms with van der Waals surface area (Å²) < 4.78 is 1.96. The standard InChI is InChI=1S/C23H27N3/c1-22(2,3)19-9-8-16(17-10-12-24-21(17)19)15-23(4,5)18-7-6-14-26-20(18)11-13-25-26/h6-14,24H,15H2,1-5H3. The molecule has 3 heteroatoms. The first-order valence-electron chi connectivity index (χ1n) is 9.30. The van der Waals surface area contributed by atoms with Gasteiger partial charge in [0.05, 0.1) is 5.52 Å². The lowest BCUT2D eigenvalue weighted by Crippen LogP contribution is -2.22. The van der Waals surface area contributed by atoms with E-state index in [0.29, 0.717) is 0 Å². The minimum atomic E-state index is 0.00991. The number of aromatic nitrogens is 3. The first kappa shape index (κ1) is 16.9. The summed E-state index contributed by atoms with van der Waals surface area (Å²) >= 11 is 0. The van der Waals surface area contributed by atoms with Gasteiger partial charge in [-0.15, -0.1) is 0 Å². The molecule has 26 heavy (non-hydrogen) atoms. The van der Waals surface area contributed by atoms with Crippen LogP contribution in [-0.4, -0.2) is 14.6 Å². The number of rotatable bonds is 3. The molecule has 4 rings (SSSR count). The van der Waals surface area contributed by atoms with Gasteiger partial charge in [-0.2, -0.15) is 5.10 Å². The molecular weight excluding hydrogens is 318 g/mol. The van der Waals surface area contributed by atoms with E-state index < -0.39 is 0 Å². The van der Waals surface area contributed by atoms with Gasteiger partial charge in [-0.05, 0) is 52.1 Å². The molecule has 1 N–H and O–H groups in total. The van der Waals surface area contributed by atoms with Crippen LogP contribution in [0.1, 0.15) is 51.3 Å². The first-order valence-corrected chi connectivity index (χ1v) is 9.30. The molecule has 0 saturated carbocycles. The van der Waals surface area contributed by atoms with E-state index in [1.165, 1.54) is 33.1 Å². The van der Waals surface area contributed by atoms with Gasteiger partial charge >= 0.3 is 0 Å². The van der Waals surface area contributed by atoms with E-state index in [1.54, 1.807) is 0 Å². The molecule has 3 heterocycles. The molecule has 0 aliphatic heterocycles. The second kappa shape index (κ2) is 5.73. The van der Waals surface area contributed by atoms with Crippen molar-refractivity contribution in [3.8, 4) is 0 Å². The lowest BCUT2D eigenvalue weighted by Gasteiger charge is -2.27. The maximum Gasteiger partial charge on any atom is 0.0699 e. The third kappa shape index (κ3) is 2.72. The highest BCUT2D eigenvalue weighted by molar-refractivity contribution is 5.87. The molecule has 3 aromatic heterocycles. The van der Waals surface area contributed by atoms with E-state index in [0.717, 1.165) is 6.42 Å². The highest BCUT2D eigenvalue weighted by Crippen LogP contribution is 2.36. The molecule has 0 unspecified atom stereocenters. The Labute approximate surface area is 155 Å². The number of nitrogens with one attached hydrogen (secondary N) is 1. The van der Waals surface area contributed by atoms with E-state index in [2.05, 4.69) is 87.3 Å². The quantitative estimate of drug-likeness (QED) is 0.512. The van der Waals surface area contributed by atoms with Gasteiger partial charge in [-0.3, -0.25) is 0 Å². The van der Waals surface area contributed by atoms with E-state index in [4.69, 9.17) is 0 Å². The average Bonchev–Trinajstić information content (AvgIpc) is 3.22. The fourth-order valence-corrected chi connectivity index (χ4v) is 4.09. The van der Waals surface area contributed by atoms with Crippen LogP contribution >= 0.6 is 0 Å². The Balaban J connectivity index is 1.80. The van der Waals surface area contributed by atoms with Crippen molar-refractivity contribution in [3.63, 3.8) is 0 Å². The molecule has 0 aliphatic rings. The maximum atomic E-state index is 4.39. The highest BCUT2D eigenvalue weighted by Gasteiger charge is 2.26. The van der Waals surface area contributed by atoms with Crippen molar-refractivity contribution in [2.24, 2.45) is 0 Å². The molecule has 0 bridgehead atoms. The fourth-order valence-electron chi connectivity index (χ4n) is 4.09. The summed E-state index contributed by atoms with van der Waals surface area (Å²) in [4.78, 5) is 3.47. The minimum Gasteiger partial charge on any atom is -0.361 e. The Hall–Kier alpha value is -2.55. The summed E-state index contributed by atoms with van der Waals surface area (Å²) in [6.45, 7) is 11.5. The zero-order valence-electron chi connectivity index (χ0n) is 16.3. The average molecular weight is 345 g/mol.